The molecule has 0 heterocycles. The summed E-state index contributed by atoms with van der Waals surface area (Å²) in [6, 6.07) is 0. The van der Waals surface area contributed by atoms with E-state index in [1.807, 2.05) is 0 Å². The van der Waals surface area contributed by atoms with Gasteiger partial charge in [0.25, 0.3) is 0 Å². The van der Waals surface area contributed by atoms with Crippen molar-refractivity contribution in [3.8, 4) is 0 Å². The van der Waals surface area contributed by atoms with Crippen LogP contribution in [0.3, 0.4) is 0 Å². The second-order valence-electron chi connectivity index (χ2n) is 3.67. The molecule has 0 saturated carbocycles. The number of carboxylic acids is 2. The van der Waals surface area contributed by atoms with Gasteiger partial charge >= 0.3 is 11.9 Å². The summed E-state index contributed by atoms with van der Waals surface area (Å²) in [5, 5.41) is 35.9. The van der Waals surface area contributed by atoms with E-state index < -0.39 is 24.1 Å². The van der Waals surface area contributed by atoms with Crippen LogP contribution in [0.4, 0.5) is 0 Å². The predicted molar refractivity (Wildman–Crippen MR) is 65.4 cm³/mol. The van der Waals surface area contributed by atoms with Crippen molar-refractivity contribution in [2.24, 2.45) is 0 Å². The summed E-state index contributed by atoms with van der Waals surface area (Å²) in [5.74, 6) is -3.54. The highest BCUT2D eigenvalue weighted by Gasteiger charge is 2.29. The molecule has 0 bridgehead atoms. The molecule has 0 rings (SSSR count). The van der Waals surface area contributed by atoms with E-state index in [9.17, 15) is 9.59 Å². The normalized spacial score (nSPS) is 13.1. The van der Waals surface area contributed by atoms with E-state index in [4.69, 9.17) is 20.4 Å². The van der Waals surface area contributed by atoms with Crippen LogP contribution in [0.1, 0.15) is 33.1 Å². The smallest absolute Gasteiger partial charge is 0.335 e. The molecule has 0 radical (unpaired) electrons. The molecular weight excluding hydrogens is 242 g/mol. The average molecular weight is 265 g/mol. The first-order valence-corrected chi connectivity index (χ1v) is 5.90. The van der Waals surface area contributed by atoms with Crippen LogP contribution in [0, 0.1) is 0 Å². The number of aliphatic hydroxyl groups excluding tert-OH is 2. The molecule has 0 aliphatic rings. The minimum atomic E-state index is -2.27. The standard InChI is InChI=1S/C7H17N.C4H6O6/c1-3-5-7-8-6-4-2;5-1(3(7)8)2(6)4(9)10/h8H,3-7H2,1-2H3;1-2,5-6H,(H,7,8)(H,9,10). The molecule has 2 atom stereocenters. The maximum absolute atomic E-state index is 9.77. The van der Waals surface area contributed by atoms with Gasteiger partial charge < -0.3 is 25.7 Å². The zero-order valence-corrected chi connectivity index (χ0v) is 10.8. The molecule has 0 spiro atoms. The quantitative estimate of drug-likeness (QED) is 0.380. The number of aliphatic hydroxyl groups is 2. The van der Waals surface area contributed by atoms with Crippen LogP contribution in [0.5, 0.6) is 0 Å². The van der Waals surface area contributed by atoms with Gasteiger partial charge in [0.15, 0.2) is 12.2 Å². The summed E-state index contributed by atoms with van der Waals surface area (Å²) in [6.45, 7) is 6.79. The lowest BCUT2D eigenvalue weighted by atomic mass is 10.2. The Bertz CT molecular complexity index is 210. The number of rotatable bonds is 8. The minimum Gasteiger partial charge on any atom is -0.479 e. The molecule has 18 heavy (non-hydrogen) atoms. The Morgan fingerprint density at radius 1 is 0.944 bits per heavy atom. The maximum atomic E-state index is 9.77. The Balaban J connectivity index is 0. The van der Waals surface area contributed by atoms with Gasteiger partial charge in [-0.3, -0.25) is 0 Å². The SMILES string of the molecule is CCCCNCCC.O=C(O)C(O)C(O)C(=O)O. The number of carboxylic acid groups (broad SMARTS) is 2. The highest BCUT2D eigenvalue weighted by atomic mass is 16.4. The first kappa shape index (κ1) is 19.2. The summed E-state index contributed by atoms with van der Waals surface area (Å²) in [7, 11) is 0. The molecule has 0 amide bonds. The van der Waals surface area contributed by atoms with Gasteiger partial charge in [0, 0.05) is 0 Å². The summed E-state index contributed by atoms with van der Waals surface area (Å²) in [6.07, 6.45) is -0.657. The molecule has 0 fully saturated rings. The minimum absolute atomic E-state index is 1.18. The van der Waals surface area contributed by atoms with Crippen molar-refractivity contribution < 1.29 is 30.0 Å². The molecular formula is C11H23NO6. The lowest BCUT2D eigenvalue weighted by molar-refractivity contribution is -0.165. The summed E-state index contributed by atoms with van der Waals surface area (Å²) in [5.41, 5.74) is 0. The maximum Gasteiger partial charge on any atom is 0.335 e. The van der Waals surface area contributed by atoms with Gasteiger partial charge in [0.05, 0.1) is 0 Å². The molecule has 2 unspecified atom stereocenters. The van der Waals surface area contributed by atoms with Crippen molar-refractivity contribution in [2.75, 3.05) is 13.1 Å². The van der Waals surface area contributed by atoms with E-state index in [2.05, 4.69) is 19.2 Å². The van der Waals surface area contributed by atoms with Crippen LogP contribution in [-0.4, -0.2) is 57.7 Å². The Hall–Kier alpha value is -1.18. The first-order valence-electron chi connectivity index (χ1n) is 5.90. The van der Waals surface area contributed by atoms with E-state index >= 15 is 0 Å². The van der Waals surface area contributed by atoms with Crippen molar-refractivity contribution in [3.63, 3.8) is 0 Å². The second-order valence-corrected chi connectivity index (χ2v) is 3.67. The van der Waals surface area contributed by atoms with Crippen molar-refractivity contribution in [1.82, 2.24) is 5.32 Å². The molecule has 0 aliphatic heterocycles. The average Bonchev–Trinajstić information content (AvgIpc) is 2.33. The Labute approximate surface area is 106 Å². The Morgan fingerprint density at radius 2 is 1.39 bits per heavy atom. The zero-order chi connectivity index (χ0) is 14.6. The number of unbranched alkanes of at least 4 members (excludes halogenated alkanes) is 1. The fourth-order valence-electron chi connectivity index (χ4n) is 0.874. The fourth-order valence-corrected chi connectivity index (χ4v) is 0.874. The summed E-state index contributed by atoms with van der Waals surface area (Å²) < 4.78 is 0. The van der Waals surface area contributed by atoms with Gasteiger partial charge in [-0.1, -0.05) is 20.3 Å². The van der Waals surface area contributed by atoms with Crippen molar-refractivity contribution in [2.45, 2.75) is 45.3 Å². The van der Waals surface area contributed by atoms with Crippen molar-refractivity contribution >= 4 is 11.9 Å². The van der Waals surface area contributed by atoms with E-state index in [-0.39, 0.29) is 0 Å². The van der Waals surface area contributed by atoms with E-state index in [1.165, 1.54) is 32.4 Å². The van der Waals surface area contributed by atoms with Crippen LogP contribution in [0.25, 0.3) is 0 Å². The monoisotopic (exact) mass is 265 g/mol. The largest absolute Gasteiger partial charge is 0.479 e. The van der Waals surface area contributed by atoms with Crippen molar-refractivity contribution in [1.29, 1.82) is 0 Å². The molecule has 0 aromatic rings. The van der Waals surface area contributed by atoms with Gasteiger partial charge in [-0.15, -0.1) is 0 Å². The third-order valence-corrected chi connectivity index (χ3v) is 1.94. The lowest BCUT2D eigenvalue weighted by Crippen LogP contribution is -2.39. The van der Waals surface area contributed by atoms with Crippen LogP contribution in [0.2, 0.25) is 0 Å². The van der Waals surface area contributed by atoms with Gasteiger partial charge in [0.2, 0.25) is 0 Å². The van der Waals surface area contributed by atoms with Crippen LogP contribution < -0.4 is 5.32 Å². The van der Waals surface area contributed by atoms with E-state index in [0.717, 1.165) is 0 Å². The number of hydrogen-bond donors (Lipinski definition) is 5. The topological polar surface area (TPSA) is 127 Å². The third-order valence-electron chi connectivity index (χ3n) is 1.94. The van der Waals surface area contributed by atoms with Gasteiger partial charge in [-0.2, -0.15) is 0 Å². The highest BCUT2D eigenvalue weighted by molar-refractivity contribution is 5.83. The molecule has 108 valence electrons. The fraction of sp³-hybridized carbons (Fsp3) is 0.818. The van der Waals surface area contributed by atoms with Gasteiger partial charge in [-0.25, -0.2) is 9.59 Å². The molecule has 5 N–H and O–H groups in total. The summed E-state index contributed by atoms with van der Waals surface area (Å²) >= 11 is 0. The molecule has 0 aliphatic carbocycles. The molecule has 0 aromatic heterocycles. The predicted octanol–water partition coefficient (Wildman–Crippen LogP) is -0.336. The van der Waals surface area contributed by atoms with E-state index in [1.54, 1.807) is 0 Å². The molecule has 7 nitrogen and oxygen atoms in total. The number of hydrogen-bond acceptors (Lipinski definition) is 5. The van der Waals surface area contributed by atoms with Crippen LogP contribution >= 0.6 is 0 Å². The first-order chi connectivity index (χ1) is 8.38. The summed E-state index contributed by atoms with van der Waals surface area (Å²) in [4.78, 5) is 19.5. The molecule has 7 heteroatoms. The van der Waals surface area contributed by atoms with Crippen molar-refractivity contribution in [3.05, 3.63) is 0 Å². The molecule has 0 aromatic carbocycles. The highest BCUT2D eigenvalue weighted by Crippen LogP contribution is 1.92. The van der Waals surface area contributed by atoms with Crippen LogP contribution in [0.15, 0.2) is 0 Å². The Kier molecular flexibility index (Phi) is 13.1. The van der Waals surface area contributed by atoms with Gasteiger partial charge in [0.1, 0.15) is 0 Å². The Morgan fingerprint density at radius 3 is 1.67 bits per heavy atom. The molecule has 0 saturated heterocycles. The van der Waals surface area contributed by atoms with E-state index in [0.29, 0.717) is 0 Å². The van der Waals surface area contributed by atoms with Gasteiger partial charge in [-0.05, 0) is 25.9 Å². The zero-order valence-electron chi connectivity index (χ0n) is 10.8. The number of carbonyl (C=O) groups is 2. The number of nitrogens with one attached hydrogen (secondary N) is 1. The number of aliphatic carboxylic acids is 2. The lowest BCUT2D eigenvalue weighted by Gasteiger charge is -2.07. The third kappa shape index (κ3) is 11.3. The van der Waals surface area contributed by atoms with Crippen LogP contribution in [-0.2, 0) is 9.59 Å². The second kappa shape index (κ2) is 12.3.